The molecular formula is C14H13BrN2O. The highest BCUT2D eigenvalue weighted by Crippen LogP contribution is 2.19. The largest absolute Gasteiger partial charge is 0.326 e. The molecule has 0 aliphatic carbocycles. The number of amides is 1. The summed E-state index contributed by atoms with van der Waals surface area (Å²) in [4.78, 5) is 12.1. The summed E-state index contributed by atoms with van der Waals surface area (Å²) < 4.78 is 0.771. The second kappa shape index (κ2) is 5.80. The van der Waals surface area contributed by atoms with Crippen LogP contribution in [0.15, 0.2) is 53.0 Å². The Morgan fingerprint density at radius 2 is 1.78 bits per heavy atom. The highest BCUT2D eigenvalue weighted by Gasteiger charge is 2.10. The van der Waals surface area contributed by atoms with E-state index in [9.17, 15) is 4.79 Å². The second-order valence-corrected chi connectivity index (χ2v) is 4.65. The summed E-state index contributed by atoms with van der Waals surface area (Å²) >= 11 is 3.36. The minimum absolute atomic E-state index is 0.150. The molecule has 3 N–H and O–H groups in total. The predicted octanol–water partition coefficient (Wildman–Crippen LogP) is 3.16. The first-order valence-corrected chi connectivity index (χ1v) is 6.35. The Bertz CT molecular complexity index is 569. The molecule has 18 heavy (non-hydrogen) atoms. The van der Waals surface area contributed by atoms with Gasteiger partial charge in [0.1, 0.15) is 0 Å². The van der Waals surface area contributed by atoms with Crippen LogP contribution in [-0.4, -0.2) is 5.91 Å². The van der Waals surface area contributed by atoms with E-state index in [-0.39, 0.29) is 5.91 Å². The molecule has 0 aliphatic rings. The molecule has 92 valence electrons. The van der Waals surface area contributed by atoms with Gasteiger partial charge >= 0.3 is 0 Å². The first-order valence-electron chi connectivity index (χ1n) is 5.56. The molecule has 2 aromatic carbocycles. The summed E-state index contributed by atoms with van der Waals surface area (Å²) in [5.74, 6) is -0.150. The zero-order valence-corrected chi connectivity index (χ0v) is 11.3. The van der Waals surface area contributed by atoms with E-state index >= 15 is 0 Å². The average molecular weight is 305 g/mol. The van der Waals surface area contributed by atoms with Crippen LogP contribution in [0.4, 0.5) is 5.69 Å². The van der Waals surface area contributed by atoms with E-state index in [1.165, 1.54) is 0 Å². The van der Waals surface area contributed by atoms with Crippen LogP contribution in [0.3, 0.4) is 0 Å². The highest BCUT2D eigenvalue weighted by molar-refractivity contribution is 9.10. The number of nitrogens with two attached hydrogens (primary N) is 1. The number of carbonyl (C=O) groups is 1. The van der Waals surface area contributed by atoms with E-state index in [1.807, 2.05) is 42.5 Å². The molecule has 0 fully saturated rings. The second-order valence-electron chi connectivity index (χ2n) is 3.80. The molecule has 0 aliphatic heterocycles. The number of para-hydroxylation sites is 1. The van der Waals surface area contributed by atoms with Gasteiger partial charge in [0.2, 0.25) is 0 Å². The molecule has 0 bridgehead atoms. The summed E-state index contributed by atoms with van der Waals surface area (Å²) in [7, 11) is 0. The number of carbonyl (C=O) groups excluding carboxylic acids is 1. The van der Waals surface area contributed by atoms with Gasteiger partial charge in [0.15, 0.2) is 0 Å². The Balaban J connectivity index is 2.24. The van der Waals surface area contributed by atoms with Gasteiger partial charge in [0.25, 0.3) is 5.91 Å². The highest BCUT2D eigenvalue weighted by atomic mass is 79.9. The molecule has 1 amide bonds. The van der Waals surface area contributed by atoms with E-state index in [2.05, 4.69) is 21.2 Å². The molecule has 0 radical (unpaired) electrons. The Kier molecular flexibility index (Phi) is 4.12. The van der Waals surface area contributed by atoms with Crippen LogP contribution in [0.25, 0.3) is 0 Å². The Hall–Kier alpha value is -1.65. The van der Waals surface area contributed by atoms with Crippen molar-refractivity contribution in [1.82, 2.24) is 0 Å². The molecule has 0 unspecified atom stereocenters. The van der Waals surface area contributed by atoms with E-state index in [0.29, 0.717) is 12.1 Å². The Morgan fingerprint density at radius 1 is 1.11 bits per heavy atom. The predicted molar refractivity (Wildman–Crippen MR) is 76.4 cm³/mol. The summed E-state index contributed by atoms with van der Waals surface area (Å²) in [5.41, 5.74) is 7.90. The molecule has 0 saturated heterocycles. The molecule has 2 rings (SSSR count). The number of halogens is 1. The molecule has 4 heteroatoms. The molecule has 0 heterocycles. The van der Waals surface area contributed by atoms with Crippen LogP contribution in [0.2, 0.25) is 0 Å². The van der Waals surface area contributed by atoms with Crippen molar-refractivity contribution < 1.29 is 4.79 Å². The zero-order chi connectivity index (χ0) is 13.0. The molecule has 0 spiro atoms. The number of anilines is 1. The fourth-order valence-corrected chi connectivity index (χ4v) is 2.12. The van der Waals surface area contributed by atoms with Crippen LogP contribution in [0.5, 0.6) is 0 Å². The number of hydrogen-bond acceptors (Lipinski definition) is 2. The van der Waals surface area contributed by atoms with Gasteiger partial charge in [0.05, 0.1) is 5.56 Å². The molecule has 2 aromatic rings. The molecule has 0 atom stereocenters. The smallest absolute Gasteiger partial charge is 0.256 e. The number of rotatable bonds is 3. The number of hydrogen-bond donors (Lipinski definition) is 2. The van der Waals surface area contributed by atoms with Crippen molar-refractivity contribution in [2.75, 3.05) is 5.32 Å². The van der Waals surface area contributed by atoms with Crippen LogP contribution >= 0.6 is 15.9 Å². The Morgan fingerprint density at radius 3 is 2.50 bits per heavy atom. The van der Waals surface area contributed by atoms with Gasteiger partial charge in [-0.3, -0.25) is 4.79 Å². The van der Waals surface area contributed by atoms with Gasteiger partial charge in [-0.25, -0.2) is 0 Å². The van der Waals surface area contributed by atoms with Gasteiger partial charge in [-0.15, -0.1) is 0 Å². The zero-order valence-electron chi connectivity index (χ0n) is 9.69. The van der Waals surface area contributed by atoms with E-state index in [1.54, 1.807) is 6.07 Å². The lowest BCUT2D eigenvalue weighted by atomic mass is 10.1. The lowest BCUT2D eigenvalue weighted by molar-refractivity contribution is 0.102. The summed E-state index contributed by atoms with van der Waals surface area (Å²) in [6.07, 6.45) is 0. The fourth-order valence-electron chi connectivity index (χ4n) is 1.66. The molecular weight excluding hydrogens is 292 g/mol. The standard InChI is InChI=1S/C14H13BrN2O/c15-12-7-3-2-6-11(12)14(18)17-13-8-4-1-5-10(13)9-16/h1-8H,9,16H2,(H,17,18). The van der Waals surface area contributed by atoms with Crippen molar-refractivity contribution in [2.24, 2.45) is 5.73 Å². The SMILES string of the molecule is NCc1ccccc1NC(=O)c1ccccc1Br. The fraction of sp³-hybridized carbons (Fsp3) is 0.0714. The van der Waals surface area contributed by atoms with Gasteiger partial charge in [-0.05, 0) is 39.7 Å². The first-order chi connectivity index (χ1) is 8.72. The molecule has 3 nitrogen and oxygen atoms in total. The average Bonchev–Trinajstić information content (AvgIpc) is 2.39. The van der Waals surface area contributed by atoms with Crippen molar-refractivity contribution in [3.8, 4) is 0 Å². The van der Waals surface area contributed by atoms with Crippen molar-refractivity contribution in [3.05, 3.63) is 64.1 Å². The van der Waals surface area contributed by atoms with Crippen LogP contribution in [0, 0.1) is 0 Å². The maximum absolute atomic E-state index is 12.1. The number of nitrogens with one attached hydrogen (secondary N) is 1. The Labute approximate surface area is 114 Å². The van der Waals surface area contributed by atoms with Crippen molar-refractivity contribution in [2.45, 2.75) is 6.54 Å². The number of benzene rings is 2. The van der Waals surface area contributed by atoms with Gasteiger partial charge in [-0.1, -0.05) is 30.3 Å². The van der Waals surface area contributed by atoms with Crippen LogP contribution < -0.4 is 11.1 Å². The van der Waals surface area contributed by atoms with Gasteiger partial charge in [-0.2, -0.15) is 0 Å². The summed E-state index contributed by atoms with van der Waals surface area (Å²) in [6.45, 7) is 0.395. The third-order valence-electron chi connectivity index (χ3n) is 2.60. The van der Waals surface area contributed by atoms with Crippen LogP contribution in [-0.2, 0) is 6.54 Å². The summed E-state index contributed by atoms with van der Waals surface area (Å²) in [5, 5.41) is 2.87. The van der Waals surface area contributed by atoms with Crippen molar-refractivity contribution >= 4 is 27.5 Å². The van der Waals surface area contributed by atoms with Gasteiger partial charge in [0, 0.05) is 16.7 Å². The van der Waals surface area contributed by atoms with Gasteiger partial charge < -0.3 is 11.1 Å². The third-order valence-corrected chi connectivity index (χ3v) is 3.30. The molecule has 0 saturated carbocycles. The topological polar surface area (TPSA) is 55.1 Å². The van der Waals surface area contributed by atoms with Crippen molar-refractivity contribution in [1.29, 1.82) is 0 Å². The first kappa shape index (κ1) is 12.8. The third kappa shape index (κ3) is 2.78. The molecule has 0 aromatic heterocycles. The lowest BCUT2D eigenvalue weighted by Crippen LogP contribution is -2.14. The minimum atomic E-state index is -0.150. The monoisotopic (exact) mass is 304 g/mol. The van der Waals surface area contributed by atoms with E-state index in [4.69, 9.17) is 5.73 Å². The van der Waals surface area contributed by atoms with E-state index < -0.39 is 0 Å². The quantitative estimate of drug-likeness (QED) is 0.915. The maximum atomic E-state index is 12.1. The maximum Gasteiger partial charge on any atom is 0.256 e. The van der Waals surface area contributed by atoms with Crippen molar-refractivity contribution in [3.63, 3.8) is 0 Å². The lowest BCUT2D eigenvalue weighted by Gasteiger charge is -2.10. The van der Waals surface area contributed by atoms with Crippen LogP contribution in [0.1, 0.15) is 15.9 Å². The minimum Gasteiger partial charge on any atom is -0.326 e. The summed E-state index contributed by atoms with van der Waals surface area (Å²) in [6, 6.07) is 14.8. The normalized spacial score (nSPS) is 10.1. The van der Waals surface area contributed by atoms with E-state index in [0.717, 1.165) is 15.7 Å².